The molecule has 1 amide bonds. The Morgan fingerprint density at radius 3 is 2.61 bits per heavy atom. The van der Waals surface area contributed by atoms with Crippen LogP contribution in [0.1, 0.15) is 32.1 Å². The van der Waals surface area contributed by atoms with Crippen LogP contribution in [0.3, 0.4) is 0 Å². The lowest BCUT2D eigenvalue weighted by molar-refractivity contribution is -0.137. The maximum atomic E-state index is 12.4. The third-order valence-electron chi connectivity index (χ3n) is 4.77. The molecule has 2 unspecified atom stereocenters. The second-order valence-corrected chi connectivity index (χ2v) is 6.01. The van der Waals surface area contributed by atoms with Gasteiger partial charge in [-0.05, 0) is 51.7 Å². The van der Waals surface area contributed by atoms with Gasteiger partial charge in [0.1, 0.15) is 0 Å². The molecule has 0 bridgehead atoms. The van der Waals surface area contributed by atoms with Gasteiger partial charge in [0.25, 0.3) is 0 Å². The van der Waals surface area contributed by atoms with E-state index >= 15 is 0 Å². The van der Waals surface area contributed by atoms with Crippen molar-refractivity contribution in [1.29, 1.82) is 0 Å². The normalized spacial score (nSPS) is 34.1. The van der Waals surface area contributed by atoms with Gasteiger partial charge < -0.3 is 10.2 Å². The molecule has 18 heavy (non-hydrogen) atoms. The van der Waals surface area contributed by atoms with Crippen LogP contribution in [0, 0.1) is 5.92 Å². The third-order valence-corrected chi connectivity index (χ3v) is 4.77. The second-order valence-electron chi connectivity index (χ2n) is 6.01. The maximum Gasteiger partial charge on any atom is 0.227 e. The van der Waals surface area contributed by atoms with Crippen LogP contribution in [0.2, 0.25) is 0 Å². The van der Waals surface area contributed by atoms with Crippen molar-refractivity contribution in [3.63, 3.8) is 0 Å². The number of carbonyl (C=O) groups excluding carboxylic acids is 1. The van der Waals surface area contributed by atoms with Crippen LogP contribution in [0.15, 0.2) is 0 Å². The van der Waals surface area contributed by atoms with Crippen LogP contribution in [-0.4, -0.2) is 61.0 Å². The minimum Gasteiger partial charge on any atom is -0.341 e. The largest absolute Gasteiger partial charge is 0.341 e. The van der Waals surface area contributed by atoms with Crippen molar-refractivity contribution in [3.8, 4) is 0 Å². The Kier molecular flexibility index (Phi) is 3.85. The number of nitrogens with one attached hydrogen (secondary N) is 1. The standard InChI is InChI=1S/C14H25N3O/c18-14(12-5-6-15-10-12)17-9-3-4-13(11-17)16-7-1-2-8-16/h12-13,15H,1-11H2. The number of rotatable bonds is 2. The molecule has 0 saturated carbocycles. The molecule has 0 aromatic rings. The van der Waals surface area contributed by atoms with E-state index < -0.39 is 0 Å². The summed E-state index contributed by atoms with van der Waals surface area (Å²) in [7, 11) is 0. The fourth-order valence-corrected chi connectivity index (χ4v) is 3.68. The summed E-state index contributed by atoms with van der Waals surface area (Å²) in [5, 5.41) is 3.30. The minimum absolute atomic E-state index is 0.252. The summed E-state index contributed by atoms with van der Waals surface area (Å²) in [5.74, 6) is 0.659. The van der Waals surface area contributed by atoms with Gasteiger partial charge in [0, 0.05) is 25.7 Å². The number of carbonyl (C=O) groups is 1. The Morgan fingerprint density at radius 1 is 1.06 bits per heavy atom. The molecule has 3 aliphatic rings. The topological polar surface area (TPSA) is 35.6 Å². The van der Waals surface area contributed by atoms with Gasteiger partial charge in [0.15, 0.2) is 0 Å². The monoisotopic (exact) mass is 251 g/mol. The van der Waals surface area contributed by atoms with Crippen LogP contribution in [0.25, 0.3) is 0 Å². The summed E-state index contributed by atoms with van der Waals surface area (Å²) in [6.45, 7) is 6.37. The maximum absolute atomic E-state index is 12.4. The molecule has 0 aliphatic carbocycles. The van der Waals surface area contributed by atoms with Crippen molar-refractivity contribution in [2.75, 3.05) is 39.3 Å². The number of hydrogen-bond donors (Lipinski definition) is 1. The smallest absolute Gasteiger partial charge is 0.227 e. The molecule has 3 rings (SSSR count). The lowest BCUT2D eigenvalue weighted by Gasteiger charge is -2.38. The average molecular weight is 251 g/mol. The summed E-state index contributed by atoms with van der Waals surface area (Å²) >= 11 is 0. The number of piperidine rings is 1. The van der Waals surface area contributed by atoms with Crippen molar-refractivity contribution in [3.05, 3.63) is 0 Å². The van der Waals surface area contributed by atoms with E-state index in [9.17, 15) is 4.79 Å². The zero-order valence-corrected chi connectivity index (χ0v) is 11.2. The minimum atomic E-state index is 0.252. The number of likely N-dealkylation sites (tertiary alicyclic amines) is 2. The second kappa shape index (κ2) is 5.57. The molecule has 1 N–H and O–H groups in total. The average Bonchev–Trinajstić information content (AvgIpc) is 3.11. The van der Waals surface area contributed by atoms with E-state index in [0.29, 0.717) is 11.9 Å². The van der Waals surface area contributed by atoms with Crippen molar-refractivity contribution >= 4 is 5.91 Å². The van der Waals surface area contributed by atoms with E-state index in [-0.39, 0.29) is 5.92 Å². The molecule has 0 spiro atoms. The van der Waals surface area contributed by atoms with Gasteiger partial charge in [-0.15, -0.1) is 0 Å². The Bertz CT molecular complexity index is 295. The Hall–Kier alpha value is -0.610. The molecule has 4 heteroatoms. The predicted molar refractivity (Wildman–Crippen MR) is 71.4 cm³/mol. The molecule has 2 atom stereocenters. The summed E-state index contributed by atoms with van der Waals surface area (Å²) in [5.41, 5.74) is 0. The van der Waals surface area contributed by atoms with Gasteiger partial charge in [-0.2, -0.15) is 0 Å². The van der Waals surface area contributed by atoms with E-state index in [0.717, 1.165) is 32.6 Å². The lowest BCUT2D eigenvalue weighted by Crippen LogP contribution is -2.50. The number of amides is 1. The molecule has 3 saturated heterocycles. The fourth-order valence-electron chi connectivity index (χ4n) is 3.68. The van der Waals surface area contributed by atoms with Gasteiger partial charge in [-0.25, -0.2) is 0 Å². The predicted octanol–water partition coefficient (Wildman–Crippen LogP) is 0.683. The fraction of sp³-hybridized carbons (Fsp3) is 0.929. The highest BCUT2D eigenvalue weighted by Gasteiger charge is 2.33. The van der Waals surface area contributed by atoms with Crippen LogP contribution in [-0.2, 0) is 4.79 Å². The van der Waals surface area contributed by atoms with Gasteiger partial charge in [0.2, 0.25) is 5.91 Å². The molecule has 4 nitrogen and oxygen atoms in total. The Balaban J connectivity index is 1.57. The highest BCUT2D eigenvalue weighted by Crippen LogP contribution is 2.22. The van der Waals surface area contributed by atoms with E-state index in [1.807, 2.05) is 0 Å². The first-order valence-electron chi connectivity index (χ1n) is 7.58. The third kappa shape index (κ3) is 2.54. The van der Waals surface area contributed by atoms with Gasteiger partial charge in [0.05, 0.1) is 5.92 Å². The summed E-state index contributed by atoms with van der Waals surface area (Å²) in [4.78, 5) is 17.2. The molecule has 3 fully saturated rings. The number of hydrogen-bond acceptors (Lipinski definition) is 3. The molecule has 0 aromatic carbocycles. The summed E-state index contributed by atoms with van der Waals surface area (Å²) < 4.78 is 0. The van der Waals surface area contributed by atoms with Crippen LogP contribution in [0.4, 0.5) is 0 Å². The van der Waals surface area contributed by atoms with Crippen molar-refractivity contribution in [2.24, 2.45) is 5.92 Å². The molecule has 102 valence electrons. The number of nitrogens with zero attached hydrogens (tertiary/aromatic N) is 2. The van der Waals surface area contributed by atoms with Gasteiger partial charge >= 0.3 is 0 Å². The zero-order chi connectivity index (χ0) is 12.4. The Morgan fingerprint density at radius 2 is 1.89 bits per heavy atom. The van der Waals surface area contributed by atoms with Crippen molar-refractivity contribution in [2.45, 2.75) is 38.1 Å². The summed E-state index contributed by atoms with van der Waals surface area (Å²) in [6.07, 6.45) is 6.19. The van der Waals surface area contributed by atoms with E-state index in [2.05, 4.69) is 15.1 Å². The molecule has 0 radical (unpaired) electrons. The molecular weight excluding hydrogens is 226 g/mol. The quantitative estimate of drug-likeness (QED) is 0.784. The Labute approximate surface area is 110 Å². The molecule has 3 heterocycles. The SMILES string of the molecule is O=C(C1CCNC1)N1CCCC(N2CCCC2)C1. The van der Waals surface area contributed by atoms with Crippen LogP contribution < -0.4 is 5.32 Å². The summed E-state index contributed by atoms with van der Waals surface area (Å²) in [6, 6.07) is 0.638. The molecule has 0 aromatic heterocycles. The highest BCUT2D eigenvalue weighted by atomic mass is 16.2. The molecular formula is C14H25N3O. The first kappa shape index (κ1) is 12.4. The first-order chi connectivity index (χ1) is 8.84. The van der Waals surface area contributed by atoms with Gasteiger partial charge in [-0.1, -0.05) is 0 Å². The van der Waals surface area contributed by atoms with E-state index in [4.69, 9.17) is 0 Å². The van der Waals surface area contributed by atoms with Crippen LogP contribution in [0.5, 0.6) is 0 Å². The van der Waals surface area contributed by atoms with Gasteiger partial charge in [-0.3, -0.25) is 9.69 Å². The first-order valence-corrected chi connectivity index (χ1v) is 7.58. The van der Waals surface area contributed by atoms with Crippen LogP contribution >= 0.6 is 0 Å². The van der Waals surface area contributed by atoms with Crippen molar-refractivity contribution < 1.29 is 4.79 Å². The highest BCUT2D eigenvalue weighted by molar-refractivity contribution is 5.79. The lowest BCUT2D eigenvalue weighted by atomic mass is 10.0. The van der Waals surface area contributed by atoms with E-state index in [1.54, 1.807) is 0 Å². The van der Waals surface area contributed by atoms with Crippen molar-refractivity contribution in [1.82, 2.24) is 15.1 Å². The molecule has 3 aliphatic heterocycles. The zero-order valence-electron chi connectivity index (χ0n) is 11.2. The van der Waals surface area contributed by atoms with E-state index in [1.165, 1.54) is 38.8 Å².